The van der Waals surface area contributed by atoms with Gasteiger partial charge >= 0.3 is 0 Å². The first-order valence-corrected chi connectivity index (χ1v) is 8.20. The van der Waals surface area contributed by atoms with Crippen LogP contribution in [0.3, 0.4) is 0 Å². The highest BCUT2D eigenvalue weighted by Crippen LogP contribution is 2.28. The molecule has 22 heavy (non-hydrogen) atoms. The number of carbonyl (C=O) groups is 1. The Balaban J connectivity index is 1.83. The standard InChI is InChI=1S/C15H19N5OS/c1-9-4-3-5-20(9)15-17-7-11(8-18-15)14-10(2)22-13(19-14)6-12(16)21/h7-9H,3-6H2,1-2H3,(H2,16,21). The number of primary amides is 1. The summed E-state index contributed by atoms with van der Waals surface area (Å²) in [5.74, 6) is 0.411. The number of hydrogen-bond acceptors (Lipinski definition) is 6. The average Bonchev–Trinajstić information content (AvgIpc) is 3.04. The number of amides is 1. The minimum Gasteiger partial charge on any atom is -0.369 e. The molecule has 0 bridgehead atoms. The molecule has 1 unspecified atom stereocenters. The Labute approximate surface area is 133 Å². The number of hydrogen-bond donors (Lipinski definition) is 1. The van der Waals surface area contributed by atoms with E-state index in [9.17, 15) is 4.79 Å². The molecule has 3 rings (SSSR count). The first-order chi connectivity index (χ1) is 10.5. The molecule has 2 aromatic rings. The summed E-state index contributed by atoms with van der Waals surface area (Å²) in [6.45, 7) is 5.19. The van der Waals surface area contributed by atoms with E-state index >= 15 is 0 Å². The Bertz CT molecular complexity index is 682. The van der Waals surface area contributed by atoms with Crippen molar-refractivity contribution in [3.05, 3.63) is 22.3 Å². The summed E-state index contributed by atoms with van der Waals surface area (Å²) in [5, 5.41) is 0.734. The van der Waals surface area contributed by atoms with E-state index in [1.165, 1.54) is 24.2 Å². The fourth-order valence-corrected chi connectivity index (χ4v) is 3.73. The molecule has 0 spiro atoms. The number of carbonyl (C=O) groups excluding carboxylic acids is 1. The number of rotatable bonds is 4. The van der Waals surface area contributed by atoms with Crippen LogP contribution >= 0.6 is 11.3 Å². The lowest BCUT2D eigenvalue weighted by atomic mass is 10.2. The zero-order chi connectivity index (χ0) is 15.7. The first-order valence-electron chi connectivity index (χ1n) is 7.38. The summed E-state index contributed by atoms with van der Waals surface area (Å²) >= 11 is 1.49. The van der Waals surface area contributed by atoms with E-state index in [1.54, 1.807) is 0 Å². The maximum absolute atomic E-state index is 11.0. The van der Waals surface area contributed by atoms with Gasteiger partial charge in [0.05, 0.1) is 12.1 Å². The van der Waals surface area contributed by atoms with Gasteiger partial charge in [-0.25, -0.2) is 15.0 Å². The Hall–Kier alpha value is -2.02. The highest BCUT2D eigenvalue weighted by molar-refractivity contribution is 7.12. The van der Waals surface area contributed by atoms with Crippen molar-refractivity contribution in [2.75, 3.05) is 11.4 Å². The number of thiazole rings is 1. The van der Waals surface area contributed by atoms with Crippen molar-refractivity contribution in [2.24, 2.45) is 5.73 Å². The second-order valence-corrected chi connectivity index (χ2v) is 6.90. The van der Waals surface area contributed by atoms with Crippen molar-refractivity contribution in [1.29, 1.82) is 0 Å². The molecule has 1 amide bonds. The summed E-state index contributed by atoms with van der Waals surface area (Å²) < 4.78 is 0. The van der Waals surface area contributed by atoms with Crippen molar-refractivity contribution in [3.8, 4) is 11.3 Å². The van der Waals surface area contributed by atoms with Crippen LogP contribution in [0.15, 0.2) is 12.4 Å². The number of nitrogens with two attached hydrogens (primary N) is 1. The van der Waals surface area contributed by atoms with Crippen LogP contribution < -0.4 is 10.6 Å². The number of nitrogens with zero attached hydrogens (tertiary/aromatic N) is 4. The number of aromatic nitrogens is 3. The molecule has 0 radical (unpaired) electrons. The van der Waals surface area contributed by atoms with Gasteiger partial charge in [-0.15, -0.1) is 11.3 Å². The third-order valence-corrected chi connectivity index (χ3v) is 4.86. The predicted molar refractivity (Wildman–Crippen MR) is 86.8 cm³/mol. The normalized spacial score (nSPS) is 17.9. The van der Waals surface area contributed by atoms with Crippen LogP contribution in [0.4, 0.5) is 5.95 Å². The molecular formula is C15H19N5OS. The van der Waals surface area contributed by atoms with Crippen LogP contribution in [0.2, 0.25) is 0 Å². The Morgan fingerprint density at radius 1 is 1.45 bits per heavy atom. The van der Waals surface area contributed by atoms with E-state index < -0.39 is 0 Å². The fourth-order valence-electron chi connectivity index (χ4n) is 2.77. The maximum Gasteiger partial charge on any atom is 0.225 e. The monoisotopic (exact) mass is 317 g/mol. The van der Waals surface area contributed by atoms with Gasteiger partial charge in [-0.05, 0) is 26.7 Å². The molecule has 3 heterocycles. The second-order valence-electron chi connectivity index (χ2n) is 5.61. The summed E-state index contributed by atoms with van der Waals surface area (Å²) in [7, 11) is 0. The third kappa shape index (κ3) is 2.94. The van der Waals surface area contributed by atoms with Gasteiger partial charge in [0.25, 0.3) is 0 Å². The van der Waals surface area contributed by atoms with Gasteiger partial charge in [-0.2, -0.15) is 0 Å². The number of anilines is 1. The molecule has 7 heteroatoms. The lowest BCUT2D eigenvalue weighted by Crippen LogP contribution is -2.28. The van der Waals surface area contributed by atoms with E-state index in [0.717, 1.165) is 33.6 Å². The lowest BCUT2D eigenvalue weighted by molar-refractivity contribution is -0.117. The van der Waals surface area contributed by atoms with Crippen molar-refractivity contribution >= 4 is 23.2 Å². The minimum atomic E-state index is -0.366. The summed E-state index contributed by atoms with van der Waals surface area (Å²) in [6.07, 6.45) is 6.17. The molecule has 0 aliphatic carbocycles. The minimum absolute atomic E-state index is 0.176. The average molecular weight is 317 g/mol. The topological polar surface area (TPSA) is 85.0 Å². The van der Waals surface area contributed by atoms with Crippen molar-refractivity contribution in [1.82, 2.24) is 15.0 Å². The SMILES string of the molecule is Cc1sc(CC(N)=O)nc1-c1cnc(N2CCCC2C)nc1. The largest absolute Gasteiger partial charge is 0.369 e. The summed E-state index contributed by atoms with van der Waals surface area (Å²) in [4.78, 5) is 27.7. The molecule has 0 aromatic carbocycles. The van der Waals surface area contributed by atoms with Crippen LogP contribution in [0, 0.1) is 6.92 Å². The van der Waals surface area contributed by atoms with Gasteiger partial charge in [0.2, 0.25) is 11.9 Å². The van der Waals surface area contributed by atoms with E-state index in [0.29, 0.717) is 6.04 Å². The second kappa shape index (κ2) is 6.00. The highest BCUT2D eigenvalue weighted by Gasteiger charge is 2.22. The van der Waals surface area contributed by atoms with E-state index in [-0.39, 0.29) is 12.3 Å². The van der Waals surface area contributed by atoms with Gasteiger partial charge in [-0.3, -0.25) is 4.79 Å². The molecule has 2 aromatic heterocycles. The van der Waals surface area contributed by atoms with E-state index in [2.05, 4.69) is 26.8 Å². The lowest BCUT2D eigenvalue weighted by Gasteiger charge is -2.20. The molecule has 1 aliphatic heterocycles. The molecule has 2 N–H and O–H groups in total. The first kappa shape index (κ1) is 14.9. The molecule has 6 nitrogen and oxygen atoms in total. The molecule has 1 aliphatic rings. The molecule has 116 valence electrons. The molecule has 1 atom stereocenters. The van der Waals surface area contributed by atoms with Crippen molar-refractivity contribution in [3.63, 3.8) is 0 Å². The third-order valence-electron chi connectivity index (χ3n) is 3.89. The molecule has 0 saturated carbocycles. The van der Waals surface area contributed by atoms with Gasteiger partial charge < -0.3 is 10.6 Å². The van der Waals surface area contributed by atoms with Crippen LogP contribution in [0.25, 0.3) is 11.3 Å². The molecular weight excluding hydrogens is 298 g/mol. The molecule has 1 saturated heterocycles. The van der Waals surface area contributed by atoms with Crippen molar-refractivity contribution in [2.45, 2.75) is 39.2 Å². The van der Waals surface area contributed by atoms with Crippen LogP contribution in [-0.4, -0.2) is 33.4 Å². The van der Waals surface area contributed by atoms with Crippen LogP contribution in [-0.2, 0) is 11.2 Å². The van der Waals surface area contributed by atoms with E-state index in [4.69, 9.17) is 5.73 Å². The van der Waals surface area contributed by atoms with Gasteiger partial charge in [0.15, 0.2) is 0 Å². The summed E-state index contributed by atoms with van der Waals surface area (Å²) in [6, 6.07) is 0.494. The Morgan fingerprint density at radius 3 is 2.77 bits per heavy atom. The smallest absolute Gasteiger partial charge is 0.225 e. The van der Waals surface area contributed by atoms with Crippen molar-refractivity contribution < 1.29 is 4.79 Å². The quantitative estimate of drug-likeness (QED) is 0.931. The van der Waals surface area contributed by atoms with E-state index in [1.807, 2.05) is 19.3 Å². The van der Waals surface area contributed by atoms with Gasteiger partial charge in [0.1, 0.15) is 5.01 Å². The maximum atomic E-state index is 11.0. The zero-order valence-corrected chi connectivity index (χ0v) is 13.6. The van der Waals surface area contributed by atoms with Crippen LogP contribution in [0.5, 0.6) is 0 Å². The number of aryl methyl sites for hydroxylation is 1. The zero-order valence-electron chi connectivity index (χ0n) is 12.7. The fraction of sp³-hybridized carbons (Fsp3) is 0.467. The van der Waals surface area contributed by atoms with Gasteiger partial charge in [-0.1, -0.05) is 0 Å². The molecule has 1 fully saturated rings. The predicted octanol–water partition coefficient (Wildman–Crippen LogP) is 1.93. The Kier molecular flexibility index (Phi) is 4.06. The van der Waals surface area contributed by atoms with Gasteiger partial charge in [0, 0.05) is 35.4 Å². The highest BCUT2D eigenvalue weighted by atomic mass is 32.1. The van der Waals surface area contributed by atoms with Crippen LogP contribution in [0.1, 0.15) is 29.7 Å². The Morgan fingerprint density at radius 2 is 2.18 bits per heavy atom. The summed E-state index contributed by atoms with van der Waals surface area (Å²) in [5.41, 5.74) is 6.93.